The Morgan fingerprint density at radius 2 is 2.23 bits per heavy atom. The topological polar surface area (TPSA) is 31.4 Å². The number of nitrogens with zero attached hydrogens (tertiary/aromatic N) is 1. The van der Waals surface area contributed by atoms with Gasteiger partial charge in [-0.05, 0) is 11.6 Å². The van der Waals surface area contributed by atoms with E-state index in [0.717, 1.165) is 5.56 Å². The van der Waals surface area contributed by atoms with E-state index in [4.69, 9.17) is 9.47 Å². The van der Waals surface area contributed by atoms with Gasteiger partial charge in [0.1, 0.15) is 12.2 Å². The molecule has 2 bridgehead atoms. The maximum atomic E-state index is 5.65. The van der Waals surface area contributed by atoms with Gasteiger partial charge in [0.05, 0.1) is 12.7 Å². The van der Waals surface area contributed by atoms with Crippen LogP contribution in [-0.2, 0) is 4.74 Å². The van der Waals surface area contributed by atoms with Crippen LogP contribution in [0.2, 0.25) is 0 Å². The third kappa shape index (κ3) is 0.795. The minimum atomic E-state index is 0.0589. The van der Waals surface area contributed by atoms with Gasteiger partial charge in [-0.1, -0.05) is 12.2 Å². The Hall–Kier alpha value is -1.35. The Bertz CT molecular complexity index is 387. The smallest absolute Gasteiger partial charge is 0.219 e. The third-order valence-electron chi connectivity index (χ3n) is 2.53. The van der Waals surface area contributed by atoms with Gasteiger partial charge in [-0.3, -0.25) is 0 Å². The molecule has 0 N–H and O–H groups in total. The summed E-state index contributed by atoms with van der Waals surface area (Å²) >= 11 is 0. The molecule has 3 heterocycles. The van der Waals surface area contributed by atoms with Crippen LogP contribution >= 0.6 is 0 Å². The first kappa shape index (κ1) is 7.09. The van der Waals surface area contributed by atoms with E-state index in [2.05, 4.69) is 17.1 Å². The molecule has 0 spiro atoms. The van der Waals surface area contributed by atoms with Crippen molar-refractivity contribution in [1.82, 2.24) is 4.98 Å². The number of pyridine rings is 1. The summed E-state index contributed by atoms with van der Waals surface area (Å²) in [5.41, 5.74) is 2.29. The van der Waals surface area contributed by atoms with Crippen molar-refractivity contribution in [2.24, 2.45) is 0 Å². The number of hydrogen-bond acceptors (Lipinski definition) is 3. The standard InChI is InChI=1S/C10H9NO2/c1-12-10-9-6(4-5-11-10)7-2-3-8(9)13-7/h2-5,7-8H,1H3/t7-,8+/m0/s1. The third-order valence-corrected chi connectivity index (χ3v) is 2.53. The fraction of sp³-hybridized carbons (Fsp3) is 0.300. The highest BCUT2D eigenvalue weighted by molar-refractivity contribution is 5.47. The molecule has 0 saturated heterocycles. The van der Waals surface area contributed by atoms with Crippen LogP contribution in [0.4, 0.5) is 0 Å². The van der Waals surface area contributed by atoms with Crippen LogP contribution in [0.15, 0.2) is 24.4 Å². The first-order valence-corrected chi connectivity index (χ1v) is 4.26. The summed E-state index contributed by atoms with van der Waals surface area (Å²) in [4.78, 5) is 4.15. The molecule has 0 amide bonds. The monoisotopic (exact) mass is 175 g/mol. The lowest BCUT2D eigenvalue weighted by Crippen LogP contribution is -1.99. The second kappa shape index (κ2) is 2.33. The molecule has 3 nitrogen and oxygen atoms in total. The van der Waals surface area contributed by atoms with E-state index in [1.165, 1.54) is 5.56 Å². The van der Waals surface area contributed by atoms with Crippen molar-refractivity contribution in [2.45, 2.75) is 12.2 Å². The van der Waals surface area contributed by atoms with Gasteiger partial charge in [0.25, 0.3) is 0 Å². The van der Waals surface area contributed by atoms with Gasteiger partial charge in [-0.15, -0.1) is 0 Å². The molecular formula is C10H9NO2. The van der Waals surface area contributed by atoms with Crippen molar-refractivity contribution in [3.05, 3.63) is 35.5 Å². The molecule has 1 aromatic rings. The molecule has 0 unspecified atom stereocenters. The Balaban J connectivity index is 2.23. The van der Waals surface area contributed by atoms with Gasteiger partial charge in [-0.2, -0.15) is 0 Å². The molecule has 3 rings (SSSR count). The van der Waals surface area contributed by atoms with Crippen molar-refractivity contribution in [3.63, 3.8) is 0 Å². The summed E-state index contributed by atoms with van der Waals surface area (Å²) in [6.45, 7) is 0. The lowest BCUT2D eigenvalue weighted by atomic mass is 9.99. The highest BCUT2D eigenvalue weighted by atomic mass is 16.5. The van der Waals surface area contributed by atoms with Gasteiger partial charge in [0.2, 0.25) is 5.88 Å². The van der Waals surface area contributed by atoms with Crippen LogP contribution in [0.1, 0.15) is 23.3 Å². The summed E-state index contributed by atoms with van der Waals surface area (Å²) in [5.74, 6) is 0.689. The van der Waals surface area contributed by atoms with Crippen molar-refractivity contribution in [1.29, 1.82) is 0 Å². The molecule has 0 saturated carbocycles. The summed E-state index contributed by atoms with van der Waals surface area (Å²) in [6, 6.07) is 1.99. The summed E-state index contributed by atoms with van der Waals surface area (Å²) in [6.07, 6.45) is 6.07. The fourth-order valence-electron chi connectivity index (χ4n) is 1.96. The zero-order chi connectivity index (χ0) is 8.84. The quantitative estimate of drug-likeness (QED) is 0.609. The molecule has 0 radical (unpaired) electrons. The highest BCUT2D eigenvalue weighted by Crippen LogP contribution is 2.48. The Morgan fingerprint density at radius 1 is 1.38 bits per heavy atom. The van der Waals surface area contributed by atoms with Crippen molar-refractivity contribution in [3.8, 4) is 5.88 Å². The van der Waals surface area contributed by atoms with Crippen LogP contribution in [0.3, 0.4) is 0 Å². The minimum Gasteiger partial charge on any atom is -0.481 e. The van der Waals surface area contributed by atoms with Crippen molar-refractivity contribution < 1.29 is 9.47 Å². The van der Waals surface area contributed by atoms with Crippen LogP contribution < -0.4 is 4.74 Å². The van der Waals surface area contributed by atoms with E-state index >= 15 is 0 Å². The Kier molecular flexibility index (Phi) is 1.27. The molecule has 2 atom stereocenters. The molecule has 3 heteroatoms. The number of ether oxygens (including phenoxy) is 2. The van der Waals surface area contributed by atoms with Gasteiger partial charge in [0, 0.05) is 6.20 Å². The van der Waals surface area contributed by atoms with Crippen molar-refractivity contribution >= 4 is 0 Å². The lowest BCUT2D eigenvalue weighted by molar-refractivity contribution is 0.0868. The summed E-state index contributed by atoms with van der Waals surface area (Å²) in [5, 5.41) is 0. The van der Waals surface area contributed by atoms with E-state index in [1.807, 2.05) is 6.07 Å². The zero-order valence-corrected chi connectivity index (χ0v) is 7.23. The largest absolute Gasteiger partial charge is 0.481 e. The van der Waals surface area contributed by atoms with Gasteiger partial charge in [-0.25, -0.2) is 4.98 Å². The number of hydrogen-bond donors (Lipinski definition) is 0. The number of fused-ring (bicyclic) bond motifs is 5. The molecular weight excluding hydrogens is 166 g/mol. The van der Waals surface area contributed by atoms with E-state index in [9.17, 15) is 0 Å². The second-order valence-electron chi connectivity index (χ2n) is 3.19. The number of methoxy groups -OCH3 is 1. The van der Waals surface area contributed by atoms with Crippen LogP contribution in [0, 0.1) is 0 Å². The molecule has 0 aromatic carbocycles. The molecule has 2 aliphatic heterocycles. The first-order chi connectivity index (χ1) is 6.40. The average Bonchev–Trinajstić information content (AvgIpc) is 2.77. The number of aromatic nitrogens is 1. The molecule has 0 aliphatic carbocycles. The second-order valence-corrected chi connectivity index (χ2v) is 3.19. The van der Waals surface area contributed by atoms with E-state index in [0.29, 0.717) is 5.88 Å². The molecule has 2 aliphatic rings. The van der Waals surface area contributed by atoms with Crippen molar-refractivity contribution in [2.75, 3.05) is 7.11 Å². The van der Waals surface area contributed by atoms with Crippen LogP contribution in [-0.4, -0.2) is 12.1 Å². The highest BCUT2D eigenvalue weighted by Gasteiger charge is 2.36. The Morgan fingerprint density at radius 3 is 3.08 bits per heavy atom. The van der Waals surface area contributed by atoms with Crippen LogP contribution in [0.5, 0.6) is 5.88 Å². The molecule has 13 heavy (non-hydrogen) atoms. The van der Waals surface area contributed by atoms with Gasteiger partial charge >= 0.3 is 0 Å². The number of rotatable bonds is 1. The summed E-state index contributed by atoms with van der Waals surface area (Å²) in [7, 11) is 1.64. The van der Waals surface area contributed by atoms with Gasteiger partial charge < -0.3 is 9.47 Å². The first-order valence-electron chi connectivity index (χ1n) is 4.26. The Labute approximate surface area is 76.0 Å². The molecule has 0 fully saturated rings. The lowest BCUT2D eigenvalue weighted by Gasteiger charge is -2.09. The van der Waals surface area contributed by atoms with E-state index < -0.39 is 0 Å². The maximum Gasteiger partial charge on any atom is 0.219 e. The molecule has 1 aromatic heterocycles. The zero-order valence-electron chi connectivity index (χ0n) is 7.23. The minimum absolute atomic E-state index is 0.0589. The summed E-state index contributed by atoms with van der Waals surface area (Å²) < 4.78 is 10.8. The van der Waals surface area contributed by atoms with E-state index in [1.54, 1.807) is 13.3 Å². The average molecular weight is 175 g/mol. The fourth-order valence-corrected chi connectivity index (χ4v) is 1.96. The van der Waals surface area contributed by atoms with Gasteiger partial charge in [0.15, 0.2) is 0 Å². The predicted octanol–water partition coefficient (Wildman–Crippen LogP) is 1.77. The normalized spacial score (nSPS) is 27.8. The maximum absolute atomic E-state index is 5.65. The SMILES string of the molecule is COc1nccc2c1[C@H]1C=C[C@@H]2O1. The van der Waals surface area contributed by atoms with E-state index in [-0.39, 0.29) is 12.2 Å². The molecule has 66 valence electrons. The van der Waals surface area contributed by atoms with Crippen LogP contribution in [0.25, 0.3) is 0 Å². The predicted molar refractivity (Wildman–Crippen MR) is 46.5 cm³/mol.